The highest BCUT2D eigenvalue weighted by Crippen LogP contribution is 2.30. The van der Waals surface area contributed by atoms with E-state index in [-0.39, 0.29) is 0 Å². The Morgan fingerprint density at radius 2 is 1.77 bits per heavy atom. The summed E-state index contributed by atoms with van der Waals surface area (Å²) < 4.78 is 2.01. The predicted octanol–water partition coefficient (Wildman–Crippen LogP) is 4.87. The number of anilines is 1. The lowest BCUT2D eigenvalue weighted by molar-refractivity contribution is 0.796. The molecule has 0 aliphatic carbocycles. The number of hydrogen-bond acceptors (Lipinski definition) is 5. The zero-order valence-electron chi connectivity index (χ0n) is 16.7. The van der Waals surface area contributed by atoms with E-state index in [0.29, 0.717) is 23.1 Å². The first kappa shape index (κ1) is 19.0. The van der Waals surface area contributed by atoms with Gasteiger partial charge in [0.25, 0.3) is 5.95 Å². The van der Waals surface area contributed by atoms with Crippen LogP contribution in [-0.2, 0) is 6.54 Å². The molecule has 0 saturated carbocycles. The molecule has 0 amide bonds. The van der Waals surface area contributed by atoms with Crippen LogP contribution in [-0.4, -0.2) is 20.5 Å². The van der Waals surface area contributed by atoms with Crippen LogP contribution in [0.4, 0.5) is 5.95 Å². The molecule has 0 unspecified atom stereocenters. The number of benzene rings is 3. The number of rotatable bonds is 3. The molecule has 3 aromatic carbocycles. The smallest absolute Gasteiger partial charge is 0.252 e. The molecule has 0 spiro atoms. The summed E-state index contributed by atoms with van der Waals surface area (Å²) in [5.41, 5.74) is 5.26. The van der Waals surface area contributed by atoms with Gasteiger partial charge in [0.1, 0.15) is 11.5 Å². The van der Waals surface area contributed by atoms with Crippen molar-refractivity contribution in [2.24, 2.45) is 5.10 Å². The van der Waals surface area contributed by atoms with Crippen LogP contribution in [0.1, 0.15) is 28.1 Å². The third kappa shape index (κ3) is 3.45. The standard InChI is InChI=1S/C24H17ClN6/c1-16-27-28-24-30(15-18-6-4-5-17(13-18)14-26)29-23(19-9-11-20(25)12-10-19)21-7-2-3-8-22(21)31(16)24/h2-13H,15H2,1H3. The Hall–Kier alpha value is -3.95. The van der Waals surface area contributed by atoms with Crippen molar-refractivity contribution in [3.63, 3.8) is 0 Å². The molecule has 150 valence electrons. The van der Waals surface area contributed by atoms with E-state index in [0.717, 1.165) is 33.9 Å². The first-order valence-corrected chi connectivity index (χ1v) is 10.1. The average molecular weight is 425 g/mol. The summed E-state index contributed by atoms with van der Waals surface area (Å²) in [5, 5.41) is 25.5. The summed E-state index contributed by atoms with van der Waals surface area (Å²) in [6.07, 6.45) is 0. The Labute approximate surface area is 184 Å². The van der Waals surface area contributed by atoms with Gasteiger partial charge in [-0.05, 0) is 42.8 Å². The van der Waals surface area contributed by atoms with Gasteiger partial charge in [-0.2, -0.15) is 10.4 Å². The molecular formula is C24H17ClN6. The molecule has 2 heterocycles. The van der Waals surface area contributed by atoms with Gasteiger partial charge in [-0.3, -0.25) is 4.57 Å². The molecule has 7 heteroatoms. The summed E-state index contributed by atoms with van der Waals surface area (Å²) in [6.45, 7) is 2.37. The molecule has 0 N–H and O–H groups in total. The topological polar surface area (TPSA) is 70.1 Å². The number of hydrogen-bond donors (Lipinski definition) is 0. The molecule has 0 bridgehead atoms. The number of fused-ring (bicyclic) bond motifs is 3. The number of hydrazone groups is 1. The van der Waals surface area contributed by atoms with Crippen molar-refractivity contribution in [1.82, 2.24) is 14.8 Å². The zero-order valence-corrected chi connectivity index (χ0v) is 17.5. The second kappa shape index (κ2) is 7.71. The molecule has 31 heavy (non-hydrogen) atoms. The van der Waals surface area contributed by atoms with E-state index < -0.39 is 0 Å². The Morgan fingerprint density at radius 1 is 0.968 bits per heavy atom. The number of nitrogens with zero attached hydrogens (tertiary/aromatic N) is 6. The third-order valence-electron chi connectivity index (χ3n) is 5.17. The average Bonchev–Trinajstić information content (AvgIpc) is 3.12. The predicted molar refractivity (Wildman–Crippen MR) is 121 cm³/mol. The van der Waals surface area contributed by atoms with Crippen LogP contribution >= 0.6 is 11.6 Å². The maximum absolute atomic E-state index is 9.28. The second-order valence-corrected chi connectivity index (χ2v) is 7.66. The second-order valence-electron chi connectivity index (χ2n) is 7.23. The van der Waals surface area contributed by atoms with Gasteiger partial charge in [-0.15, -0.1) is 10.2 Å². The lowest BCUT2D eigenvalue weighted by Crippen LogP contribution is -2.20. The van der Waals surface area contributed by atoms with Crippen LogP contribution < -0.4 is 5.01 Å². The van der Waals surface area contributed by atoms with Gasteiger partial charge < -0.3 is 0 Å². The molecule has 6 nitrogen and oxygen atoms in total. The molecule has 5 rings (SSSR count). The lowest BCUT2D eigenvalue weighted by atomic mass is 10.0. The van der Waals surface area contributed by atoms with Crippen LogP contribution in [0.3, 0.4) is 0 Å². The minimum Gasteiger partial charge on any atom is -0.263 e. The minimum absolute atomic E-state index is 0.443. The highest BCUT2D eigenvalue weighted by molar-refractivity contribution is 6.30. The van der Waals surface area contributed by atoms with Gasteiger partial charge in [-0.1, -0.05) is 54.1 Å². The van der Waals surface area contributed by atoms with Crippen LogP contribution in [0.5, 0.6) is 0 Å². The molecule has 0 atom stereocenters. The van der Waals surface area contributed by atoms with Crippen LogP contribution in [0.25, 0.3) is 5.69 Å². The van der Waals surface area contributed by atoms with Gasteiger partial charge in [0, 0.05) is 16.1 Å². The molecule has 0 radical (unpaired) electrons. The van der Waals surface area contributed by atoms with Crippen molar-refractivity contribution in [3.05, 3.63) is 106 Å². The van der Waals surface area contributed by atoms with Crippen LogP contribution in [0, 0.1) is 18.3 Å². The number of para-hydroxylation sites is 1. The fourth-order valence-electron chi connectivity index (χ4n) is 3.73. The normalized spacial score (nSPS) is 12.4. The minimum atomic E-state index is 0.443. The van der Waals surface area contributed by atoms with E-state index in [9.17, 15) is 5.26 Å². The highest BCUT2D eigenvalue weighted by atomic mass is 35.5. The molecule has 1 aliphatic heterocycles. The summed E-state index contributed by atoms with van der Waals surface area (Å²) in [5.74, 6) is 1.39. The molecular weight excluding hydrogens is 408 g/mol. The Bertz CT molecular complexity index is 1350. The molecule has 1 aromatic heterocycles. The van der Waals surface area contributed by atoms with Gasteiger partial charge in [-0.25, -0.2) is 5.01 Å². The number of nitriles is 1. The fourth-order valence-corrected chi connectivity index (χ4v) is 3.85. The van der Waals surface area contributed by atoms with E-state index in [1.807, 2.05) is 83.2 Å². The van der Waals surface area contributed by atoms with E-state index >= 15 is 0 Å². The summed E-state index contributed by atoms with van der Waals surface area (Å²) in [4.78, 5) is 0. The van der Waals surface area contributed by atoms with E-state index in [1.54, 1.807) is 6.07 Å². The number of aromatic nitrogens is 3. The van der Waals surface area contributed by atoms with Crippen molar-refractivity contribution in [2.45, 2.75) is 13.5 Å². The Morgan fingerprint density at radius 3 is 2.58 bits per heavy atom. The van der Waals surface area contributed by atoms with Gasteiger partial charge >= 0.3 is 0 Å². The van der Waals surface area contributed by atoms with Crippen molar-refractivity contribution in [3.8, 4) is 11.8 Å². The third-order valence-corrected chi connectivity index (χ3v) is 5.42. The molecule has 1 aliphatic rings. The highest BCUT2D eigenvalue weighted by Gasteiger charge is 2.26. The first-order chi connectivity index (χ1) is 15.1. The van der Waals surface area contributed by atoms with Crippen molar-refractivity contribution >= 4 is 23.3 Å². The van der Waals surface area contributed by atoms with Crippen LogP contribution in [0.2, 0.25) is 5.02 Å². The van der Waals surface area contributed by atoms with E-state index in [4.69, 9.17) is 16.7 Å². The first-order valence-electron chi connectivity index (χ1n) is 9.77. The summed E-state index contributed by atoms with van der Waals surface area (Å²) in [7, 11) is 0. The number of aryl methyl sites for hydroxylation is 1. The SMILES string of the molecule is Cc1nnc2n1-c1ccccc1C(c1ccc(Cl)cc1)=NN2Cc1cccc(C#N)c1. The molecule has 0 fully saturated rings. The zero-order chi connectivity index (χ0) is 21.4. The summed E-state index contributed by atoms with van der Waals surface area (Å²) >= 11 is 6.12. The maximum Gasteiger partial charge on any atom is 0.252 e. The van der Waals surface area contributed by atoms with Gasteiger partial charge in [0.2, 0.25) is 0 Å². The Balaban J connectivity index is 1.71. The monoisotopic (exact) mass is 424 g/mol. The van der Waals surface area contributed by atoms with E-state index in [1.165, 1.54) is 0 Å². The van der Waals surface area contributed by atoms with Crippen LogP contribution in [0.15, 0.2) is 77.9 Å². The lowest BCUT2D eigenvalue weighted by Gasteiger charge is -2.18. The van der Waals surface area contributed by atoms with E-state index in [2.05, 4.69) is 16.3 Å². The molecule has 0 saturated heterocycles. The van der Waals surface area contributed by atoms with Crippen molar-refractivity contribution < 1.29 is 0 Å². The maximum atomic E-state index is 9.28. The fraction of sp³-hybridized carbons (Fsp3) is 0.0833. The number of halogens is 1. The van der Waals surface area contributed by atoms with Crippen molar-refractivity contribution in [1.29, 1.82) is 5.26 Å². The van der Waals surface area contributed by atoms with Crippen molar-refractivity contribution in [2.75, 3.05) is 5.01 Å². The quantitative estimate of drug-likeness (QED) is 0.470. The van der Waals surface area contributed by atoms with Gasteiger partial charge in [0.15, 0.2) is 0 Å². The van der Waals surface area contributed by atoms with Gasteiger partial charge in [0.05, 0.1) is 23.9 Å². The largest absolute Gasteiger partial charge is 0.263 e. The molecule has 4 aromatic rings. The summed E-state index contributed by atoms with van der Waals surface area (Å²) in [6, 6.07) is 25.4. The Kier molecular flexibility index (Phi) is 4.73.